The van der Waals surface area contributed by atoms with E-state index in [9.17, 15) is 8.78 Å². The molecule has 0 aliphatic rings. The third-order valence-corrected chi connectivity index (χ3v) is 9.71. The molecule has 0 saturated heterocycles. The highest BCUT2D eigenvalue weighted by Crippen LogP contribution is 2.40. The number of rotatable bonds is 16. The van der Waals surface area contributed by atoms with Crippen LogP contribution in [0.1, 0.15) is 56.6 Å². The Hall–Kier alpha value is -1.05. The molecule has 2 aromatic carbocycles. The van der Waals surface area contributed by atoms with Crippen molar-refractivity contribution in [2.45, 2.75) is 79.0 Å². The first-order valence-corrected chi connectivity index (χ1v) is 17.1. The minimum atomic E-state index is -3.74. The molecule has 2 nitrogen and oxygen atoms in total. The minimum Gasteiger partial charge on any atom is -0.472 e. The van der Waals surface area contributed by atoms with Crippen molar-refractivity contribution in [3.8, 4) is 28.0 Å². The molecular formula is C32H33Cl6F2NOS. The van der Waals surface area contributed by atoms with Gasteiger partial charge in [0.25, 0.3) is 0 Å². The predicted octanol–water partition coefficient (Wildman–Crippen LogP) is 12.8. The van der Waals surface area contributed by atoms with Crippen LogP contribution in [0.4, 0.5) is 8.78 Å². The number of para-hydroxylation sites is 1. The third kappa shape index (κ3) is 10.2. The zero-order valence-electron chi connectivity index (χ0n) is 23.5. The van der Waals surface area contributed by atoms with Crippen molar-refractivity contribution in [3.05, 3.63) is 82.6 Å². The molecular weight excluding hydrogens is 697 g/mol. The summed E-state index contributed by atoms with van der Waals surface area (Å²) in [6, 6.07) is 12.2. The van der Waals surface area contributed by atoms with E-state index in [1.54, 1.807) is 36.4 Å². The lowest BCUT2D eigenvalue weighted by atomic mass is 9.96. The van der Waals surface area contributed by atoms with Crippen LogP contribution in [0.25, 0.3) is 22.3 Å². The Labute approximate surface area is 287 Å². The van der Waals surface area contributed by atoms with Gasteiger partial charge in [-0.05, 0) is 60.0 Å². The van der Waals surface area contributed by atoms with E-state index in [2.05, 4.69) is 19.1 Å². The third-order valence-electron chi connectivity index (χ3n) is 6.84. The number of hydrogen-bond acceptors (Lipinski definition) is 2. The average molecular weight is 730 g/mol. The number of allylic oxidation sites excluding steroid dienone is 2. The van der Waals surface area contributed by atoms with Gasteiger partial charge in [-0.15, -0.1) is 46.4 Å². The predicted molar refractivity (Wildman–Crippen MR) is 183 cm³/mol. The van der Waals surface area contributed by atoms with E-state index in [0.29, 0.717) is 43.5 Å². The number of aromatic nitrogens is 1. The first-order valence-electron chi connectivity index (χ1n) is 13.9. The number of nitrogens with zero attached hydrogens (tertiary/aromatic N) is 1. The monoisotopic (exact) mass is 727 g/mol. The molecule has 3 aromatic rings. The summed E-state index contributed by atoms with van der Waals surface area (Å²) >= 11 is 43.4. The highest BCUT2D eigenvalue weighted by atomic mass is 35.5. The number of alkyl halides is 8. The first-order chi connectivity index (χ1) is 20.5. The van der Waals surface area contributed by atoms with Gasteiger partial charge in [0.05, 0.1) is 9.89 Å². The molecule has 0 amide bonds. The number of unbranched alkanes of at least 4 members (excludes halogenated alkanes) is 3. The second-order valence-electron chi connectivity index (χ2n) is 10.0. The largest absolute Gasteiger partial charge is 0.472 e. The van der Waals surface area contributed by atoms with Gasteiger partial charge < -0.3 is 4.74 Å². The number of ether oxygens (including phenoxy) is 1. The van der Waals surface area contributed by atoms with Crippen LogP contribution in [0.2, 0.25) is 0 Å². The summed E-state index contributed by atoms with van der Waals surface area (Å²) in [5, 5.41) is -1.19. The molecule has 0 N–H and O–H groups in total. The van der Waals surface area contributed by atoms with E-state index in [1.165, 1.54) is 25.2 Å². The van der Waals surface area contributed by atoms with E-state index in [0.717, 1.165) is 24.8 Å². The van der Waals surface area contributed by atoms with Gasteiger partial charge in [-0.25, -0.2) is 0 Å². The standard InChI is InChI=1S/C32H33Cl6F2NOS/c1-2-3-4-5-6-7-8-12-27(35)29(36)31(37)42-28-13-10-9-11-24(28)26-20-41(32(38,39)40)19-25(30(26)43)23-15-14-21(17-33)16-22(23)18-34/h6-7,9-11,13-16,19-20,27,29,31H,2-5,8,12,17-18H2,1H3. The maximum Gasteiger partial charge on any atom is 0.410 e. The van der Waals surface area contributed by atoms with Gasteiger partial charge in [-0.1, -0.05) is 92.1 Å². The van der Waals surface area contributed by atoms with Crippen LogP contribution < -0.4 is 4.74 Å². The van der Waals surface area contributed by atoms with E-state index < -0.39 is 21.8 Å². The molecule has 0 spiro atoms. The van der Waals surface area contributed by atoms with Crippen molar-refractivity contribution in [1.29, 1.82) is 0 Å². The maximum atomic E-state index is 14.6. The summed E-state index contributed by atoms with van der Waals surface area (Å²) in [5.74, 6) is 0.695. The van der Waals surface area contributed by atoms with Crippen LogP contribution in [0.3, 0.4) is 0 Å². The van der Waals surface area contributed by atoms with Gasteiger partial charge in [0.1, 0.15) is 11.1 Å². The molecule has 0 aliphatic heterocycles. The smallest absolute Gasteiger partial charge is 0.410 e. The van der Waals surface area contributed by atoms with Crippen molar-refractivity contribution in [3.63, 3.8) is 0 Å². The first kappa shape index (κ1) is 36.4. The Balaban J connectivity index is 1.93. The highest BCUT2D eigenvalue weighted by Gasteiger charge is 2.30. The fourth-order valence-electron chi connectivity index (χ4n) is 4.52. The molecule has 0 bridgehead atoms. The van der Waals surface area contributed by atoms with Crippen LogP contribution in [-0.4, -0.2) is 20.9 Å². The molecule has 3 unspecified atom stereocenters. The number of halogens is 8. The van der Waals surface area contributed by atoms with Gasteiger partial charge in [-0.3, -0.25) is 4.57 Å². The number of hydrogen-bond donors (Lipinski definition) is 0. The van der Waals surface area contributed by atoms with Gasteiger partial charge in [0.2, 0.25) is 0 Å². The van der Waals surface area contributed by atoms with Gasteiger partial charge in [0, 0.05) is 40.8 Å². The summed E-state index contributed by atoms with van der Waals surface area (Å²) in [6.45, 7) is 2.17. The lowest BCUT2D eigenvalue weighted by Crippen LogP contribution is -2.30. The molecule has 1 aromatic heterocycles. The van der Waals surface area contributed by atoms with Crippen LogP contribution in [0, 0.1) is 4.51 Å². The van der Waals surface area contributed by atoms with Gasteiger partial charge >= 0.3 is 5.51 Å². The zero-order chi connectivity index (χ0) is 31.6. The summed E-state index contributed by atoms with van der Waals surface area (Å²) in [4.78, 5) is 0. The molecule has 3 atom stereocenters. The second kappa shape index (κ2) is 17.6. The van der Waals surface area contributed by atoms with Crippen LogP contribution in [0.5, 0.6) is 5.75 Å². The van der Waals surface area contributed by atoms with Crippen molar-refractivity contribution in [1.82, 2.24) is 4.57 Å². The Morgan fingerprint density at radius 1 is 0.907 bits per heavy atom. The maximum absolute atomic E-state index is 14.6. The van der Waals surface area contributed by atoms with Gasteiger partial charge in [0.15, 0.2) is 5.56 Å². The molecule has 1 heterocycles. The molecule has 0 radical (unpaired) electrons. The lowest BCUT2D eigenvalue weighted by molar-refractivity contribution is 0.0137. The molecule has 3 rings (SSSR count). The summed E-state index contributed by atoms with van der Waals surface area (Å²) in [5.41, 5.74) is -1.58. The molecule has 0 fully saturated rings. The fourth-order valence-corrected chi connectivity index (χ4v) is 6.11. The lowest BCUT2D eigenvalue weighted by Gasteiger charge is -2.24. The Morgan fingerprint density at radius 3 is 2.23 bits per heavy atom. The molecule has 43 heavy (non-hydrogen) atoms. The second-order valence-corrected chi connectivity index (χ2v) is 12.9. The van der Waals surface area contributed by atoms with Crippen LogP contribution in [-0.2, 0) is 17.3 Å². The normalized spacial score (nSPS) is 14.2. The Bertz CT molecular complexity index is 1430. The summed E-state index contributed by atoms with van der Waals surface area (Å²) in [7, 11) is 0. The van der Waals surface area contributed by atoms with E-state index >= 15 is 0 Å². The summed E-state index contributed by atoms with van der Waals surface area (Å²) in [6.07, 6.45) is 12.6. The molecule has 11 heteroatoms. The van der Waals surface area contributed by atoms with Gasteiger partial charge in [-0.2, -0.15) is 8.78 Å². The molecule has 234 valence electrons. The van der Waals surface area contributed by atoms with Crippen molar-refractivity contribution < 1.29 is 13.5 Å². The van der Waals surface area contributed by atoms with Crippen LogP contribution in [0.15, 0.2) is 67.0 Å². The fraction of sp³-hybridized carbons (Fsp3) is 0.406. The highest BCUT2D eigenvalue weighted by molar-refractivity contribution is 7.71. The minimum absolute atomic E-state index is 0.120. The van der Waals surface area contributed by atoms with Crippen LogP contribution >= 0.6 is 81.8 Å². The van der Waals surface area contributed by atoms with E-state index in [1.807, 2.05) is 6.07 Å². The molecule has 0 saturated carbocycles. The van der Waals surface area contributed by atoms with Crippen molar-refractivity contribution >= 4 is 81.8 Å². The Kier molecular flexibility index (Phi) is 14.9. The van der Waals surface area contributed by atoms with Crippen molar-refractivity contribution in [2.75, 3.05) is 0 Å². The number of benzene rings is 2. The van der Waals surface area contributed by atoms with E-state index in [-0.39, 0.29) is 17.3 Å². The summed E-state index contributed by atoms with van der Waals surface area (Å²) < 4.78 is 36.1. The zero-order valence-corrected chi connectivity index (χ0v) is 28.9. The Morgan fingerprint density at radius 2 is 1.58 bits per heavy atom. The quantitative estimate of drug-likeness (QED) is 0.0631. The van der Waals surface area contributed by atoms with Crippen molar-refractivity contribution in [2.24, 2.45) is 0 Å². The average Bonchev–Trinajstić information content (AvgIpc) is 2.99. The molecule has 0 aliphatic carbocycles. The topological polar surface area (TPSA) is 14.2 Å². The van der Waals surface area contributed by atoms with E-state index in [4.69, 9.17) is 86.6 Å². The number of pyridine rings is 1. The SMILES string of the molecule is CCCCCC=CCCC(Cl)C(Cl)C(Cl)Oc1ccccc1-c1cn(C(F)(F)Cl)cc(-c2ccc(CCl)cc2CCl)c1=S.